The van der Waals surface area contributed by atoms with Gasteiger partial charge in [0.25, 0.3) is 0 Å². The fourth-order valence-electron chi connectivity index (χ4n) is 1.54. The van der Waals surface area contributed by atoms with Crippen LogP contribution in [-0.4, -0.2) is 22.5 Å². The Bertz CT molecular complexity index is 388. The summed E-state index contributed by atoms with van der Waals surface area (Å²) in [7, 11) is 0. The smallest absolute Gasteiger partial charge is 0.128 e. The summed E-state index contributed by atoms with van der Waals surface area (Å²) >= 11 is 0. The summed E-state index contributed by atoms with van der Waals surface area (Å²) in [5.74, 6) is 0.412. The molecule has 1 aromatic carbocycles. The van der Waals surface area contributed by atoms with Crippen LogP contribution in [-0.2, 0) is 0 Å². The second kappa shape index (κ2) is 3.21. The molecule has 1 aromatic rings. The molecule has 74 valence electrons. The predicted molar refractivity (Wildman–Crippen MR) is 53.5 cm³/mol. The van der Waals surface area contributed by atoms with Crippen LogP contribution < -0.4 is 5.43 Å². The Morgan fingerprint density at radius 3 is 2.79 bits per heavy atom. The van der Waals surface area contributed by atoms with E-state index >= 15 is 0 Å². The molecule has 4 nitrogen and oxygen atoms in total. The Morgan fingerprint density at radius 1 is 1.43 bits per heavy atom. The molecule has 0 fully saturated rings. The highest BCUT2D eigenvalue weighted by molar-refractivity contribution is 6.05. The molecule has 0 bridgehead atoms. The number of hydrogen-bond donors (Lipinski definition) is 3. The fraction of sp³-hybridized carbons (Fsp3) is 0.300. The van der Waals surface area contributed by atoms with Gasteiger partial charge in [0.15, 0.2) is 0 Å². The molecule has 1 atom stereocenters. The highest BCUT2D eigenvalue weighted by Gasteiger charge is 2.20. The number of rotatable bonds is 1. The number of hydrogen-bond acceptors (Lipinski definition) is 4. The summed E-state index contributed by atoms with van der Waals surface area (Å²) < 4.78 is 0. The zero-order valence-electron chi connectivity index (χ0n) is 7.86. The normalized spacial score (nSPS) is 20.4. The molecule has 14 heavy (non-hydrogen) atoms. The van der Waals surface area contributed by atoms with Crippen LogP contribution in [0, 0.1) is 5.92 Å². The Morgan fingerprint density at radius 2 is 2.21 bits per heavy atom. The first kappa shape index (κ1) is 8.87. The molecule has 1 heterocycles. The zero-order chi connectivity index (χ0) is 10.1. The molecule has 0 aromatic heterocycles. The van der Waals surface area contributed by atoms with E-state index < -0.39 is 0 Å². The van der Waals surface area contributed by atoms with Crippen molar-refractivity contribution < 1.29 is 10.2 Å². The van der Waals surface area contributed by atoms with Crippen LogP contribution >= 0.6 is 0 Å². The van der Waals surface area contributed by atoms with Gasteiger partial charge in [-0.1, -0.05) is 6.92 Å². The molecular formula is C10H12N2O2. The van der Waals surface area contributed by atoms with Crippen molar-refractivity contribution in [3.63, 3.8) is 0 Å². The van der Waals surface area contributed by atoms with Gasteiger partial charge in [-0.05, 0) is 12.1 Å². The van der Waals surface area contributed by atoms with Crippen LogP contribution in [0.15, 0.2) is 23.3 Å². The average molecular weight is 192 g/mol. The Kier molecular flexibility index (Phi) is 2.04. The number of nitrogens with one attached hydrogen (secondary N) is 1. The molecule has 1 aliphatic rings. The van der Waals surface area contributed by atoms with Gasteiger partial charge in [-0.3, -0.25) is 0 Å². The second-order valence-corrected chi connectivity index (χ2v) is 3.46. The van der Waals surface area contributed by atoms with Gasteiger partial charge < -0.3 is 15.6 Å². The van der Waals surface area contributed by atoms with Gasteiger partial charge in [-0.2, -0.15) is 5.10 Å². The minimum atomic E-state index is 0.0606. The van der Waals surface area contributed by atoms with Crippen molar-refractivity contribution >= 4 is 5.71 Å². The number of phenolic OH excluding ortho intramolecular Hbond substituents is 2. The molecule has 0 radical (unpaired) electrons. The van der Waals surface area contributed by atoms with Crippen molar-refractivity contribution in [2.75, 3.05) is 6.54 Å². The van der Waals surface area contributed by atoms with E-state index in [0.29, 0.717) is 5.56 Å². The van der Waals surface area contributed by atoms with Crippen molar-refractivity contribution in [2.24, 2.45) is 11.0 Å². The number of phenols is 2. The summed E-state index contributed by atoms with van der Waals surface area (Å²) in [6.45, 7) is 2.82. The topological polar surface area (TPSA) is 64.9 Å². The monoisotopic (exact) mass is 192 g/mol. The average Bonchev–Trinajstić information content (AvgIpc) is 2.52. The van der Waals surface area contributed by atoms with Gasteiger partial charge in [0, 0.05) is 24.1 Å². The molecule has 1 aliphatic heterocycles. The van der Waals surface area contributed by atoms with Crippen LogP contribution in [0.1, 0.15) is 12.5 Å². The Labute approximate surface area is 81.9 Å². The molecule has 2 rings (SSSR count). The number of aromatic hydroxyl groups is 2. The molecule has 4 heteroatoms. The zero-order valence-corrected chi connectivity index (χ0v) is 7.86. The predicted octanol–water partition coefficient (Wildman–Crippen LogP) is 1.04. The quantitative estimate of drug-likeness (QED) is 0.623. The van der Waals surface area contributed by atoms with Crippen LogP contribution in [0.4, 0.5) is 0 Å². The molecule has 0 aliphatic carbocycles. The number of hydrazone groups is 1. The molecule has 0 spiro atoms. The third kappa shape index (κ3) is 1.39. The van der Waals surface area contributed by atoms with Gasteiger partial charge in [0.1, 0.15) is 11.5 Å². The lowest BCUT2D eigenvalue weighted by molar-refractivity contribution is 0.449. The van der Waals surface area contributed by atoms with Crippen molar-refractivity contribution in [1.29, 1.82) is 0 Å². The van der Waals surface area contributed by atoms with Crippen molar-refractivity contribution in [3.05, 3.63) is 23.8 Å². The molecule has 0 saturated heterocycles. The fourth-order valence-corrected chi connectivity index (χ4v) is 1.54. The van der Waals surface area contributed by atoms with Crippen LogP contribution in [0.5, 0.6) is 11.5 Å². The van der Waals surface area contributed by atoms with Crippen LogP contribution in [0.2, 0.25) is 0 Å². The molecule has 0 amide bonds. The summed E-state index contributed by atoms with van der Waals surface area (Å²) in [4.78, 5) is 0. The third-order valence-corrected chi connectivity index (χ3v) is 2.32. The first-order chi connectivity index (χ1) is 6.68. The largest absolute Gasteiger partial charge is 0.508 e. The van der Waals surface area contributed by atoms with Gasteiger partial charge in [-0.25, -0.2) is 0 Å². The summed E-state index contributed by atoms with van der Waals surface area (Å²) in [6, 6.07) is 4.54. The Balaban J connectivity index is 2.41. The van der Waals surface area contributed by atoms with Gasteiger partial charge >= 0.3 is 0 Å². The van der Waals surface area contributed by atoms with E-state index in [1.807, 2.05) is 6.92 Å². The van der Waals surface area contributed by atoms with Crippen LogP contribution in [0.25, 0.3) is 0 Å². The first-order valence-corrected chi connectivity index (χ1v) is 4.51. The SMILES string of the molecule is CC1CNN=C1c1ccc(O)cc1O. The maximum absolute atomic E-state index is 9.60. The minimum Gasteiger partial charge on any atom is -0.508 e. The van der Waals surface area contributed by atoms with Gasteiger partial charge in [-0.15, -0.1) is 0 Å². The molecule has 1 unspecified atom stereocenters. The van der Waals surface area contributed by atoms with Gasteiger partial charge in [0.05, 0.1) is 5.71 Å². The van der Waals surface area contributed by atoms with E-state index in [4.69, 9.17) is 5.11 Å². The summed E-state index contributed by atoms with van der Waals surface area (Å²) in [5.41, 5.74) is 4.39. The van der Waals surface area contributed by atoms with E-state index in [0.717, 1.165) is 12.3 Å². The standard InChI is InChI=1S/C10H12N2O2/c1-6-5-11-12-10(6)8-3-2-7(13)4-9(8)14/h2-4,6,11,13-14H,5H2,1H3. The Hall–Kier alpha value is -1.71. The van der Waals surface area contributed by atoms with E-state index in [1.54, 1.807) is 12.1 Å². The lowest BCUT2D eigenvalue weighted by Crippen LogP contribution is -2.12. The van der Waals surface area contributed by atoms with Crippen molar-refractivity contribution in [2.45, 2.75) is 6.92 Å². The summed E-state index contributed by atoms with van der Waals surface area (Å²) in [6.07, 6.45) is 0. The maximum Gasteiger partial charge on any atom is 0.128 e. The molecule has 3 N–H and O–H groups in total. The van der Waals surface area contributed by atoms with Crippen molar-refractivity contribution in [1.82, 2.24) is 5.43 Å². The highest BCUT2D eigenvalue weighted by Crippen LogP contribution is 2.26. The lowest BCUT2D eigenvalue weighted by Gasteiger charge is -2.07. The molecular weight excluding hydrogens is 180 g/mol. The lowest BCUT2D eigenvalue weighted by atomic mass is 9.99. The third-order valence-electron chi connectivity index (χ3n) is 2.32. The van der Waals surface area contributed by atoms with Gasteiger partial charge in [0.2, 0.25) is 0 Å². The number of benzene rings is 1. The van der Waals surface area contributed by atoms with E-state index in [2.05, 4.69) is 10.5 Å². The minimum absolute atomic E-state index is 0.0606. The summed E-state index contributed by atoms with van der Waals surface area (Å²) in [5, 5.41) is 22.8. The number of nitrogens with zero attached hydrogens (tertiary/aromatic N) is 1. The van der Waals surface area contributed by atoms with E-state index in [-0.39, 0.29) is 17.4 Å². The van der Waals surface area contributed by atoms with E-state index in [1.165, 1.54) is 6.07 Å². The first-order valence-electron chi connectivity index (χ1n) is 4.51. The highest BCUT2D eigenvalue weighted by atomic mass is 16.3. The van der Waals surface area contributed by atoms with Crippen LogP contribution in [0.3, 0.4) is 0 Å². The molecule has 0 saturated carbocycles. The van der Waals surface area contributed by atoms with E-state index in [9.17, 15) is 5.11 Å². The van der Waals surface area contributed by atoms with Crippen molar-refractivity contribution in [3.8, 4) is 11.5 Å². The maximum atomic E-state index is 9.60. The second-order valence-electron chi connectivity index (χ2n) is 3.46.